The van der Waals surface area contributed by atoms with Gasteiger partial charge in [-0.2, -0.15) is 0 Å². The largest absolute Gasteiger partial charge is 0.507 e. The number of rotatable bonds is 6. The Bertz CT molecular complexity index is 1140. The molecule has 0 radical (unpaired) electrons. The van der Waals surface area contributed by atoms with E-state index in [2.05, 4.69) is 49.3 Å². The minimum atomic E-state index is -0.771. The predicted molar refractivity (Wildman–Crippen MR) is 127 cm³/mol. The Morgan fingerprint density at radius 2 is 1.71 bits per heavy atom. The fraction of sp³-hybridized carbons (Fsp3) is 0.192. The molecule has 0 saturated heterocycles. The van der Waals surface area contributed by atoms with Crippen LogP contribution in [0.25, 0.3) is 11.3 Å². The van der Waals surface area contributed by atoms with Gasteiger partial charge in [-0.15, -0.1) is 0 Å². The second-order valence-electron chi connectivity index (χ2n) is 8.06. The molecular weight excluding hydrogens is 408 g/mol. The summed E-state index contributed by atoms with van der Waals surface area (Å²) in [6.45, 7) is 0.868. The smallest absolute Gasteiger partial charge is 0.148 e. The summed E-state index contributed by atoms with van der Waals surface area (Å²) >= 11 is 6.51. The second-order valence-corrected chi connectivity index (χ2v) is 8.42. The number of halogens is 1. The van der Waals surface area contributed by atoms with E-state index in [1.54, 1.807) is 6.07 Å². The van der Waals surface area contributed by atoms with Gasteiger partial charge in [0.2, 0.25) is 0 Å². The van der Waals surface area contributed by atoms with Crippen molar-refractivity contribution in [3.8, 4) is 0 Å². The maximum Gasteiger partial charge on any atom is 0.148 e. The molecular formula is C26H25ClN2O2. The third-order valence-corrected chi connectivity index (χ3v) is 5.94. The molecule has 0 fully saturated rings. The van der Waals surface area contributed by atoms with Gasteiger partial charge >= 0.3 is 0 Å². The Labute approximate surface area is 188 Å². The number of carbonyl (C=O) groups excluding carboxylic acids is 1. The number of aldehydes is 1. The van der Waals surface area contributed by atoms with Crippen LogP contribution in [-0.4, -0.2) is 36.4 Å². The van der Waals surface area contributed by atoms with Gasteiger partial charge in [0.1, 0.15) is 18.1 Å². The van der Waals surface area contributed by atoms with Gasteiger partial charge in [0.15, 0.2) is 0 Å². The lowest BCUT2D eigenvalue weighted by Gasteiger charge is -2.32. The molecule has 0 bridgehead atoms. The molecule has 0 saturated carbocycles. The van der Waals surface area contributed by atoms with E-state index in [4.69, 9.17) is 11.8 Å². The van der Waals surface area contributed by atoms with E-state index in [1.807, 2.05) is 36.4 Å². The van der Waals surface area contributed by atoms with Crippen LogP contribution in [0.3, 0.4) is 0 Å². The normalized spacial score (nSPS) is 15.9. The average Bonchev–Trinajstić information content (AvgIpc) is 2.77. The van der Waals surface area contributed by atoms with E-state index in [9.17, 15) is 9.90 Å². The molecule has 0 aliphatic carbocycles. The van der Waals surface area contributed by atoms with E-state index in [1.165, 1.54) is 15.5 Å². The van der Waals surface area contributed by atoms with Crippen LogP contribution in [-0.2, 0) is 17.8 Å². The zero-order valence-electron chi connectivity index (χ0n) is 17.6. The molecule has 4 nitrogen and oxygen atoms in total. The highest BCUT2D eigenvalue weighted by atomic mass is 35.5. The van der Waals surface area contributed by atoms with Crippen molar-refractivity contribution in [3.05, 3.63) is 101 Å². The number of carbonyl (C=O) groups is 1. The van der Waals surface area contributed by atoms with Crippen molar-refractivity contribution >= 4 is 35.1 Å². The van der Waals surface area contributed by atoms with Gasteiger partial charge in [-0.3, -0.25) is 4.42 Å². The zero-order chi connectivity index (χ0) is 22.0. The number of aliphatic hydroxyl groups is 1. The molecule has 0 spiro atoms. The number of benzene rings is 3. The molecule has 0 amide bonds. The first-order valence-corrected chi connectivity index (χ1v) is 10.6. The molecule has 1 atom stereocenters. The molecule has 5 heteroatoms. The highest BCUT2D eigenvalue weighted by Gasteiger charge is 2.33. The van der Waals surface area contributed by atoms with Gasteiger partial charge < -0.3 is 14.8 Å². The zero-order valence-corrected chi connectivity index (χ0v) is 18.4. The number of aliphatic hydroxyl groups excluding tert-OH is 1. The second kappa shape index (κ2) is 8.96. The summed E-state index contributed by atoms with van der Waals surface area (Å²) in [4.78, 5) is 14.1. The van der Waals surface area contributed by atoms with E-state index < -0.39 is 6.04 Å². The van der Waals surface area contributed by atoms with Gasteiger partial charge in [-0.05, 0) is 54.9 Å². The lowest BCUT2D eigenvalue weighted by atomic mass is 9.89. The van der Waals surface area contributed by atoms with Gasteiger partial charge in [0.05, 0.1) is 5.69 Å². The Morgan fingerprint density at radius 1 is 1.00 bits per heavy atom. The van der Waals surface area contributed by atoms with Gasteiger partial charge in [0, 0.05) is 29.5 Å². The highest BCUT2D eigenvalue weighted by molar-refractivity contribution is 6.30. The fourth-order valence-corrected chi connectivity index (χ4v) is 4.42. The molecule has 3 aromatic rings. The highest BCUT2D eigenvalue weighted by Crippen LogP contribution is 2.41. The van der Waals surface area contributed by atoms with Crippen molar-refractivity contribution in [3.63, 3.8) is 0 Å². The van der Waals surface area contributed by atoms with Crippen molar-refractivity contribution in [2.45, 2.75) is 19.0 Å². The number of hydrogen-bond donors (Lipinski definition) is 1. The molecule has 4 rings (SSSR count). The molecule has 1 heterocycles. The maximum atomic E-state index is 12.0. The van der Waals surface area contributed by atoms with Gasteiger partial charge in [-0.1, -0.05) is 60.7 Å². The van der Waals surface area contributed by atoms with Crippen LogP contribution in [0.5, 0.6) is 0 Å². The summed E-state index contributed by atoms with van der Waals surface area (Å²) in [6.07, 6.45) is 1.53. The summed E-state index contributed by atoms with van der Waals surface area (Å²) in [5.41, 5.74) is 6.19. The number of para-hydroxylation sites is 1. The lowest BCUT2D eigenvalue weighted by Crippen LogP contribution is -2.34. The Hall–Kier alpha value is -3.08. The maximum absolute atomic E-state index is 12.0. The Kier molecular flexibility index (Phi) is 6.12. The Morgan fingerprint density at radius 3 is 2.45 bits per heavy atom. The average molecular weight is 433 g/mol. The topological polar surface area (TPSA) is 43.8 Å². The molecule has 158 valence electrons. The van der Waals surface area contributed by atoms with E-state index in [0.29, 0.717) is 16.8 Å². The SMILES string of the molecule is CN(C)Cc1ccccc1Cc1cccc(C2=C(O)c3ccccc3N(Cl)C2C=O)c1. The van der Waals surface area contributed by atoms with Crippen LogP contribution in [0.2, 0.25) is 0 Å². The van der Waals surface area contributed by atoms with Crippen molar-refractivity contribution in [2.24, 2.45) is 0 Å². The molecule has 0 aromatic heterocycles. The fourth-order valence-electron chi connectivity index (χ4n) is 4.13. The van der Waals surface area contributed by atoms with Crippen molar-refractivity contribution in [1.29, 1.82) is 0 Å². The third-order valence-electron chi connectivity index (χ3n) is 5.55. The third kappa shape index (κ3) is 4.22. The van der Waals surface area contributed by atoms with Crippen molar-refractivity contribution in [1.82, 2.24) is 4.90 Å². The Balaban J connectivity index is 1.74. The van der Waals surface area contributed by atoms with Crippen molar-refractivity contribution < 1.29 is 9.90 Å². The summed E-state index contributed by atoms with van der Waals surface area (Å²) in [5, 5.41) is 11.0. The lowest BCUT2D eigenvalue weighted by molar-refractivity contribution is -0.107. The first-order chi connectivity index (χ1) is 15.0. The predicted octanol–water partition coefficient (Wildman–Crippen LogP) is 5.31. The van der Waals surface area contributed by atoms with E-state index in [0.717, 1.165) is 30.4 Å². The van der Waals surface area contributed by atoms with Crippen LogP contribution in [0, 0.1) is 0 Å². The minimum absolute atomic E-state index is 0.0924. The van der Waals surface area contributed by atoms with Crippen LogP contribution >= 0.6 is 11.8 Å². The summed E-state index contributed by atoms with van der Waals surface area (Å²) < 4.78 is 1.40. The first kappa shape index (κ1) is 21.2. The quantitative estimate of drug-likeness (QED) is 0.423. The van der Waals surface area contributed by atoms with Crippen LogP contribution < -0.4 is 4.42 Å². The van der Waals surface area contributed by atoms with E-state index >= 15 is 0 Å². The van der Waals surface area contributed by atoms with Crippen LogP contribution in [0.4, 0.5) is 5.69 Å². The molecule has 31 heavy (non-hydrogen) atoms. The first-order valence-electron chi connectivity index (χ1n) is 10.2. The summed E-state index contributed by atoms with van der Waals surface area (Å²) in [7, 11) is 4.12. The van der Waals surface area contributed by atoms with Gasteiger partial charge in [-0.25, -0.2) is 0 Å². The monoisotopic (exact) mass is 432 g/mol. The standard InChI is InChI=1S/C26H25ClN2O2/c1-28(2)16-21-10-4-3-9-19(21)14-18-8-7-11-20(15-18)25-24(17-30)29(27)23-13-6-5-12-22(23)26(25)31/h3-13,15,17,24,31H,14,16H2,1-2H3. The molecule has 1 unspecified atom stereocenters. The molecule has 1 N–H and O–H groups in total. The van der Waals surface area contributed by atoms with Crippen molar-refractivity contribution in [2.75, 3.05) is 18.5 Å². The van der Waals surface area contributed by atoms with Crippen LogP contribution in [0.1, 0.15) is 27.8 Å². The minimum Gasteiger partial charge on any atom is -0.507 e. The number of fused-ring (bicyclic) bond motifs is 1. The van der Waals surface area contributed by atoms with E-state index in [-0.39, 0.29) is 5.76 Å². The summed E-state index contributed by atoms with van der Waals surface area (Å²) in [6, 6.07) is 22.9. The summed E-state index contributed by atoms with van der Waals surface area (Å²) in [5.74, 6) is 0.0924. The van der Waals surface area contributed by atoms with Crippen LogP contribution in [0.15, 0.2) is 72.8 Å². The molecule has 1 aliphatic rings. The van der Waals surface area contributed by atoms with Gasteiger partial charge in [0.25, 0.3) is 0 Å². The molecule has 3 aromatic carbocycles. The number of nitrogens with zero attached hydrogens (tertiary/aromatic N) is 2. The number of anilines is 1. The number of hydrogen-bond acceptors (Lipinski definition) is 4. The molecule has 1 aliphatic heterocycles.